The first-order chi connectivity index (χ1) is 12.8. The molecule has 4 aliphatic rings. The van der Waals surface area contributed by atoms with Gasteiger partial charge in [0.15, 0.2) is 23.0 Å². The van der Waals surface area contributed by atoms with E-state index in [2.05, 4.69) is 24.3 Å². The lowest BCUT2D eigenvalue weighted by Gasteiger charge is -2.18. The van der Waals surface area contributed by atoms with Crippen molar-refractivity contribution in [3.63, 3.8) is 0 Å². The van der Waals surface area contributed by atoms with E-state index in [-0.39, 0.29) is 0 Å². The zero-order valence-electron chi connectivity index (χ0n) is 13.4. The molecule has 0 atom stereocenters. The van der Waals surface area contributed by atoms with Gasteiger partial charge in [0.1, 0.15) is 26.4 Å². The van der Waals surface area contributed by atoms with Gasteiger partial charge in [0.2, 0.25) is 0 Å². The van der Waals surface area contributed by atoms with Gasteiger partial charge in [0.05, 0.1) is 8.47 Å². The third-order valence-corrected chi connectivity index (χ3v) is 9.76. The fraction of sp³-hybridized carbons (Fsp3) is 0.222. The molecule has 0 bridgehead atoms. The lowest BCUT2D eigenvalue weighted by Crippen LogP contribution is -2.15. The average Bonchev–Trinajstić information content (AvgIpc) is 3.27. The number of hydrogen-bond donors (Lipinski definition) is 0. The molecular formula is C18H12O4S4. The van der Waals surface area contributed by atoms with Crippen molar-refractivity contribution in [2.75, 3.05) is 26.4 Å². The minimum atomic E-state index is 0.618. The quantitative estimate of drug-likeness (QED) is 0.557. The van der Waals surface area contributed by atoms with Gasteiger partial charge >= 0.3 is 0 Å². The number of benzene rings is 2. The topological polar surface area (TPSA) is 36.9 Å². The fourth-order valence-corrected chi connectivity index (χ4v) is 8.37. The van der Waals surface area contributed by atoms with E-state index >= 15 is 0 Å². The maximum absolute atomic E-state index is 5.72. The van der Waals surface area contributed by atoms with Gasteiger partial charge < -0.3 is 18.9 Å². The van der Waals surface area contributed by atoms with E-state index < -0.39 is 0 Å². The second-order valence-corrected chi connectivity index (χ2v) is 10.6. The summed E-state index contributed by atoms with van der Waals surface area (Å²) < 4.78 is 25.5. The van der Waals surface area contributed by atoms with Gasteiger partial charge in [0, 0.05) is 19.6 Å². The van der Waals surface area contributed by atoms with Gasteiger partial charge in [-0.15, -0.1) is 0 Å². The SMILES string of the molecule is c1c2c(cc3c1SC(=C1Sc4cc5c(cc4S1)OCCO5)S3)OCCO2. The minimum Gasteiger partial charge on any atom is -0.486 e. The largest absolute Gasteiger partial charge is 0.486 e. The highest BCUT2D eigenvalue weighted by molar-refractivity contribution is 8.30. The zero-order valence-corrected chi connectivity index (χ0v) is 16.7. The molecule has 8 heteroatoms. The number of fused-ring (bicyclic) bond motifs is 4. The van der Waals surface area contributed by atoms with Gasteiger partial charge in [-0.1, -0.05) is 47.0 Å². The van der Waals surface area contributed by atoms with Gasteiger partial charge in [-0.05, 0) is 24.3 Å². The fourth-order valence-electron chi connectivity index (χ4n) is 3.03. The van der Waals surface area contributed by atoms with Crippen LogP contribution in [-0.4, -0.2) is 26.4 Å². The zero-order chi connectivity index (χ0) is 17.1. The van der Waals surface area contributed by atoms with Crippen LogP contribution in [0, 0.1) is 0 Å². The molecule has 0 saturated heterocycles. The molecule has 4 nitrogen and oxygen atoms in total. The monoisotopic (exact) mass is 420 g/mol. The molecule has 0 unspecified atom stereocenters. The molecule has 0 aliphatic carbocycles. The lowest BCUT2D eigenvalue weighted by atomic mass is 10.3. The van der Waals surface area contributed by atoms with Crippen LogP contribution in [0.5, 0.6) is 23.0 Å². The molecule has 0 spiro atoms. The first kappa shape index (κ1) is 15.8. The van der Waals surface area contributed by atoms with Crippen molar-refractivity contribution in [3.05, 3.63) is 32.7 Å². The smallest absolute Gasteiger partial charge is 0.162 e. The van der Waals surface area contributed by atoms with Crippen molar-refractivity contribution >= 4 is 47.0 Å². The summed E-state index contributed by atoms with van der Waals surface area (Å²) >= 11 is 7.25. The summed E-state index contributed by atoms with van der Waals surface area (Å²) in [6.07, 6.45) is 0. The maximum atomic E-state index is 5.72. The van der Waals surface area contributed by atoms with E-state index in [9.17, 15) is 0 Å². The normalized spacial score (nSPS) is 19.4. The summed E-state index contributed by atoms with van der Waals surface area (Å²) in [6, 6.07) is 8.42. The molecule has 0 N–H and O–H groups in total. The number of hydrogen-bond acceptors (Lipinski definition) is 8. The van der Waals surface area contributed by atoms with E-state index in [0.29, 0.717) is 26.4 Å². The van der Waals surface area contributed by atoms with E-state index in [1.807, 2.05) is 47.0 Å². The standard InChI is InChI=1S/C18H12O4S4/c1-2-20-10-6-14-13(5-9(10)19-1)23-17(24-14)18-25-15-7-11-12(8-16(15)26-18)22-4-3-21-11/h5-8H,1-4H2. The van der Waals surface area contributed by atoms with Crippen molar-refractivity contribution in [2.24, 2.45) is 0 Å². The molecule has 4 aliphatic heterocycles. The van der Waals surface area contributed by atoms with Crippen LogP contribution in [0.4, 0.5) is 0 Å². The molecular weight excluding hydrogens is 408 g/mol. The Hall–Kier alpha value is -1.22. The minimum absolute atomic E-state index is 0.618. The highest BCUT2D eigenvalue weighted by atomic mass is 32.2. The van der Waals surface area contributed by atoms with Crippen LogP contribution >= 0.6 is 47.0 Å². The molecule has 0 saturated carbocycles. The summed E-state index contributed by atoms with van der Waals surface area (Å²) in [5.41, 5.74) is 0. The van der Waals surface area contributed by atoms with Gasteiger partial charge in [-0.2, -0.15) is 0 Å². The third-order valence-electron chi connectivity index (χ3n) is 4.19. The van der Waals surface area contributed by atoms with Crippen molar-refractivity contribution in [2.45, 2.75) is 19.6 Å². The maximum Gasteiger partial charge on any atom is 0.162 e. The van der Waals surface area contributed by atoms with Gasteiger partial charge in [0.25, 0.3) is 0 Å². The van der Waals surface area contributed by atoms with Crippen LogP contribution in [0.3, 0.4) is 0 Å². The van der Waals surface area contributed by atoms with Crippen molar-refractivity contribution in [1.29, 1.82) is 0 Å². The van der Waals surface area contributed by atoms with Crippen LogP contribution in [-0.2, 0) is 0 Å². The molecule has 0 radical (unpaired) electrons. The average molecular weight is 421 g/mol. The van der Waals surface area contributed by atoms with E-state index in [1.54, 1.807) is 0 Å². The van der Waals surface area contributed by atoms with Crippen LogP contribution in [0.1, 0.15) is 0 Å². The van der Waals surface area contributed by atoms with Gasteiger partial charge in [-0.3, -0.25) is 0 Å². The van der Waals surface area contributed by atoms with E-state index in [0.717, 1.165) is 23.0 Å². The summed E-state index contributed by atoms with van der Waals surface area (Å²) in [7, 11) is 0. The number of ether oxygens (including phenoxy) is 4. The predicted octanol–water partition coefficient (Wildman–Crippen LogP) is 5.45. The summed E-state index contributed by atoms with van der Waals surface area (Å²) in [5.74, 6) is 3.41. The van der Waals surface area contributed by atoms with Crippen LogP contribution in [0.15, 0.2) is 52.3 Å². The molecule has 0 fully saturated rings. The summed E-state index contributed by atoms with van der Waals surface area (Å²) in [4.78, 5) is 4.96. The van der Waals surface area contributed by atoms with Crippen LogP contribution in [0.2, 0.25) is 0 Å². The molecule has 4 heterocycles. The second-order valence-electron chi connectivity index (χ2n) is 5.87. The Morgan fingerprint density at radius 2 is 0.731 bits per heavy atom. The van der Waals surface area contributed by atoms with Crippen LogP contribution < -0.4 is 18.9 Å². The van der Waals surface area contributed by atoms with Crippen molar-refractivity contribution in [3.8, 4) is 23.0 Å². The second kappa shape index (κ2) is 6.15. The van der Waals surface area contributed by atoms with E-state index in [4.69, 9.17) is 18.9 Å². The molecule has 0 amide bonds. The Kier molecular flexibility index (Phi) is 3.74. The van der Waals surface area contributed by atoms with Crippen molar-refractivity contribution in [1.82, 2.24) is 0 Å². The highest BCUT2D eigenvalue weighted by Crippen LogP contribution is 2.63. The molecule has 2 aromatic rings. The lowest BCUT2D eigenvalue weighted by molar-refractivity contribution is 0.170. The van der Waals surface area contributed by atoms with Crippen molar-refractivity contribution < 1.29 is 18.9 Å². The summed E-state index contributed by atoms with van der Waals surface area (Å²) in [6.45, 7) is 2.47. The Labute approximate surface area is 167 Å². The number of thioether (sulfide) groups is 4. The predicted molar refractivity (Wildman–Crippen MR) is 105 cm³/mol. The Bertz CT molecular complexity index is 821. The van der Waals surface area contributed by atoms with Gasteiger partial charge in [-0.25, -0.2) is 0 Å². The van der Waals surface area contributed by atoms with Crippen LogP contribution in [0.25, 0.3) is 0 Å². The number of rotatable bonds is 0. The Balaban J connectivity index is 1.32. The molecule has 0 aromatic heterocycles. The first-order valence-corrected chi connectivity index (χ1v) is 11.4. The Morgan fingerprint density at radius 3 is 1.00 bits per heavy atom. The molecule has 132 valence electrons. The first-order valence-electron chi connectivity index (χ1n) is 8.16. The molecule has 6 rings (SSSR count). The van der Waals surface area contributed by atoms with E-state index in [1.165, 1.54) is 28.1 Å². The highest BCUT2D eigenvalue weighted by Gasteiger charge is 2.30. The molecule has 2 aromatic carbocycles. The Morgan fingerprint density at radius 1 is 0.462 bits per heavy atom. The summed E-state index contributed by atoms with van der Waals surface area (Å²) in [5, 5.41) is 0. The molecule has 26 heavy (non-hydrogen) atoms. The third kappa shape index (κ3) is 2.58.